The highest BCUT2D eigenvalue weighted by Crippen LogP contribution is 2.19. The number of aryl methyl sites for hydroxylation is 1. The molecule has 1 saturated heterocycles. The highest BCUT2D eigenvalue weighted by molar-refractivity contribution is 6.01. The van der Waals surface area contributed by atoms with Crippen LogP contribution in [0.2, 0.25) is 0 Å². The molecule has 0 N–H and O–H groups in total. The van der Waals surface area contributed by atoms with Gasteiger partial charge < -0.3 is 4.84 Å². The van der Waals surface area contributed by atoms with Crippen molar-refractivity contribution in [2.24, 2.45) is 5.16 Å². The molecule has 2 aliphatic heterocycles. The maximum atomic E-state index is 5.72. The third kappa shape index (κ3) is 4.32. The first kappa shape index (κ1) is 17.3. The number of piperazine rings is 1. The Morgan fingerprint density at radius 3 is 2.50 bits per heavy atom. The van der Waals surface area contributed by atoms with Crippen LogP contribution in [0, 0.1) is 6.92 Å². The van der Waals surface area contributed by atoms with E-state index < -0.39 is 0 Å². The van der Waals surface area contributed by atoms with E-state index in [1.165, 1.54) is 16.7 Å². The number of oxime groups is 1. The molecule has 0 amide bonds. The third-order valence-electron chi connectivity index (χ3n) is 5.26. The van der Waals surface area contributed by atoms with Gasteiger partial charge in [-0.3, -0.25) is 9.80 Å². The van der Waals surface area contributed by atoms with Crippen molar-refractivity contribution in [1.29, 1.82) is 0 Å². The molecule has 4 nitrogen and oxygen atoms in total. The summed E-state index contributed by atoms with van der Waals surface area (Å²) in [5, 5.41) is 4.34. The van der Waals surface area contributed by atoms with Gasteiger partial charge in [-0.05, 0) is 18.1 Å². The monoisotopic (exact) mass is 349 g/mol. The van der Waals surface area contributed by atoms with Crippen LogP contribution >= 0.6 is 0 Å². The molecule has 0 radical (unpaired) electrons. The second-order valence-electron chi connectivity index (χ2n) is 7.40. The summed E-state index contributed by atoms with van der Waals surface area (Å²) in [4.78, 5) is 10.8. The van der Waals surface area contributed by atoms with Gasteiger partial charge in [-0.2, -0.15) is 0 Å². The zero-order valence-electron chi connectivity index (χ0n) is 15.5. The first-order chi connectivity index (χ1) is 12.8. The number of rotatable bonds is 5. The second-order valence-corrected chi connectivity index (χ2v) is 7.40. The summed E-state index contributed by atoms with van der Waals surface area (Å²) in [5.74, 6) is 0. The Bertz CT molecular complexity index is 751. The molecule has 1 unspecified atom stereocenters. The van der Waals surface area contributed by atoms with Gasteiger partial charge in [0.2, 0.25) is 0 Å². The maximum absolute atomic E-state index is 5.72. The minimum absolute atomic E-state index is 0.186. The molecule has 2 heterocycles. The second kappa shape index (κ2) is 8.02. The summed E-state index contributed by atoms with van der Waals surface area (Å²) in [6.07, 6.45) is 1.10. The first-order valence-corrected chi connectivity index (χ1v) is 9.54. The summed E-state index contributed by atoms with van der Waals surface area (Å²) in [6, 6.07) is 19.3. The molecule has 2 aromatic rings. The fourth-order valence-corrected chi connectivity index (χ4v) is 3.78. The Labute approximate surface area is 156 Å². The van der Waals surface area contributed by atoms with E-state index in [1.54, 1.807) is 0 Å². The lowest BCUT2D eigenvalue weighted by atomic mass is 10.0. The Kier molecular flexibility index (Phi) is 5.32. The summed E-state index contributed by atoms with van der Waals surface area (Å²) in [5.41, 5.74) is 4.95. The van der Waals surface area contributed by atoms with E-state index in [-0.39, 0.29) is 6.10 Å². The first-order valence-electron chi connectivity index (χ1n) is 9.54. The van der Waals surface area contributed by atoms with E-state index in [0.29, 0.717) is 0 Å². The van der Waals surface area contributed by atoms with Crippen molar-refractivity contribution in [3.05, 3.63) is 71.3 Å². The Hall–Kier alpha value is -2.17. The quantitative estimate of drug-likeness (QED) is 0.829. The van der Waals surface area contributed by atoms with E-state index in [0.717, 1.165) is 51.4 Å². The van der Waals surface area contributed by atoms with Crippen LogP contribution in [0.25, 0.3) is 0 Å². The average Bonchev–Trinajstić information content (AvgIpc) is 3.13. The SMILES string of the molecule is Cc1cccc(C2=NOC(CN3CCN(Cc4ccccc4)CC3)C2)c1. The fraction of sp³-hybridized carbons (Fsp3) is 0.409. The van der Waals surface area contributed by atoms with Gasteiger partial charge in [-0.15, -0.1) is 0 Å². The standard InChI is InChI=1S/C22H27N3O/c1-18-6-5-9-20(14-18)22-15-21(26-23-22)17-25-12-10-24(11-13-25)16-19-7-3-2-4-8-19/h2-9,14,21H,10-13,15-17H2,1H3. The van der Waals surface area contributed by atoms with Gasteiger partial charge in [0.1, 0.15) is 6.10 Å². The van der Waals surface area contributed by atoms with Crippen molar-refractivity contribution in [1.82, 2.24) is 9.80 Å². The van der Waals surface area contributed by atoms with E-state index in [9.17, 15) is 0 Å². The van der Waals surface area contributed by atoms with Crippen LogP contribution < -0.4 is 0 Å². The minimum atomic E-state index is 0.186. The van der Waals surface area contributed by atoms with Crippen LogP contribution in [-0.2, 0) is 11.4 Å². The van der Waals surface area contributed by atoms with E-state index >= 15 is 0 Å². The van der Waals surface area contributed by atoms with Crippen molar-refractivity contribution in [3.63, 3.8) is 0 Å². The summed E-state index contributed by atoms with van der Waals surface area (Å²) in [7, 11) is 0. The molecule has 0 saturated carbocycles. The zero-order chi connectivity index (χ0) is 17.8. The van der Waals surface area contributed by atoms with Gasteiger partial charge in [-0.25, -0.2) is 0 Å². The van der Waals surface area contributed by atoms with Crippen LogP contribution in [0.4, 0.5) is 0 Å². The van der Waals surface area contributed by atoms with Crippen molar-refractivity contribution in [2.75, 3.05) is 32.7 Å². The van der Waals surface area contributed by atoms with Crippen LogP contribution in [0.5, 0.6) is 0 Å². The van der Waals surface area contributed by atoms with E-state index in [4.69, 9.17) is 4.84 Å². The van der Waals surface area contributed by atoms with Gasteiger partial charge in [0.05, 0.1) is 5.71 Å². The van der Waals surface area contributed by atoms with Crippen LogP contribution in [0.3, 0.4) is 0 Å². The number of hydrogen-bond acceptors (Lipinski definition) is 4. The van der Waals surface area contributed by atoms with Gasteiger partial charge in [0, 0.05) is 45.7 Å². The number of hydrogen-bond donors (Lipinski definition) is 0. The molecule has 2 aromatic carbocycles. The molecule has 26 heavy (non-hydrogen) atoms. The smallest absolute Gasteiger partial charge is 0.145 e. The maximum Gasteiger partial charge on any atom is 0.145 e. The largest absolute Gasteiger partial charge is 0.390 e. The molecule has 1 fully saturated rings. The molecule has 4 rings (SSSR count). The molecular formula is C22H27N3O. The molecule has 2 aliphatic rings. The van der Waals surface area contributed by atoms with Crippen LogP contribution in [-0.4, -0.2) is 54.3 Å². The fourth-order valence-electron chi connectivity index (χ4n) is 3.78. The molecular weight excluding hydrogens is 322 g/mol. The highest BCUT2D eigenvalue weighted by atomic mass is 16.6. The molecule has 1 atom stereocenters. The van der Waals surface area contributed by atoms with Crippen molar-refractivity contribution >= 4 is 5.71 Å². The molecule has 0 aliphatic carbocycles. The third-order valence-corrected chi connectivity index (χ3v) is 5.26. The Balaban J connectivity index is 1.23. The van der Waals surface area contributed by atoms with Crippen molar-refractivity contribution in [3.8, 4) is 0 Å². The van der Waals surface area contributed by atoms with Gasteiger partial charge in [0.25, 0.3) is 0 Å². The average molecular weight is 349 g/mol. The lowest BCUT2D eigenvalue weighted by Gasteiger charge is -2.35. The lowest BCUT2D eigenvalue weighted by Crippen LogP contribution is -2.48. The predicted molar refractivity (Wildman–Crippen MR) is 105 cm³/mol. The molecule has 4 heteroatoms. The summed E-state index contributed by atoms with van der Waals surface area (Å²) >= 11 is 0. The van der Waals surface area contributed by atoms with Crippen molar-refractivity contribution < 1.29 is 4.84 Å². The molecule has 0 bridgehead atoms. The van der Waals surface area contributed by atoms with Gasteiger partial charge in [-0.1, -0.05) is 65.3 Å². The zero-order valence-corrected chi connectivity index (χ0v) is 15.5. The topological polar surface area (TPSA) is 28.1 Å². The molecule has 0 spiro atoms. The van der Waals surface area contributed by atoms with Crippen LogP contribution in [0.1, 0.15) is 23.1 Å². The summed E-state index contributed by atoms with van der Waals surface area (Å²) < 4.78 is 0. The molecule has 136 valence electrons. The number of nitrogens with zero attached hydrogens (tertiary/aromatic N) is 3. The van der Waals surface area contributed by atoms with Gasteiger partial charge >= 0.3 is 0 Å². The van der Waals surface area contributed by atoms with E-state index in [2.05, 4.69) is 76.5 Å². The van der Waals surface area contributed by atoms with E-state index in [1.807, 2.05) is 0 Å². The molecule has 0 aromatic heterocycles. The highest BCUT2D eigenvalue weighted by Gasteiger charge is 2.26. The van der Waals surface area contributed by atoms with Gasteiger partial charge in [0.15, 0.2) is 0 Å². The minimum Gasteiger partial charge on any atom is -0.390 e. The van der Waals surface area contributed by atoms with Crippen LogP contribution in [0.15, 0.2) is 59.8 Å². The Morgan fingerprint density at radius 1 is 0.962 bits per heavy atom. The lowest BCUT2D eigenvalue weighted by molar-refractivity contribution is 0.0338. The van der Waals surface area contributed by atoms with Crippen molar-refractivity contribution in [2.45, 2.75) is 26.0 Å². The summed E-state index contributed by atoms with van der Waals surface area (Å²) in [6.45, 7) is 8.58. The Morgan fingerprint density at radius 2 is 1.73 bits per heavy atom. The number of benzene rings is 2. The predicted octanol–water partition coefficient (Wildman–Crippen LogP) is 3.31. The normalized spacial score (nSPS) is 21.4.